The van der Waals surface area contributed by atoms with Crippen LogP contribution in [0.15, 0.2) is 71.9 Å². The minimum atomic E-state index is -4.17. The third kappa shape index (κ3) is 8.03. The van der Waals surface area contributed by atoms with E-state index in [0.717, 1.165) is 11.8 Å². The largest absolute Gasteiger partial charge is 0.493 e. The molecule has 0 saturated carbocycles. The highest BCUT2D eigenvalue weighted by Gasteiger charge is 2.51. The number of aliphatic hydroxyl groups is 1. The maximum atomic E-state index is 14.4. The number of methoxy groups -OCH3 is 1. The van der Waals surface area contributed by atoms with Crippen LogP contribution in [0.2, 0.25) is 0 Å². The van der Waals surface area contributed by atoms with Gasteiger partial charge in [-0.05, 0) is 35.2 Å². The Kier molecular flexibility index (Phi) is 10.7. The van der Waals surface area contributed by atoms with Crippen molar-refractivity contribution in [2.24, 2.45) is 0 Å². The minimum Gasteiger partial charge on any atom is -0.493 e. The van der Waals surface area contributed by atoms with Gasteiger partial charge < -0.3 is 25.2 Å². The van der Waals surface area contributed by atoms with Gasteiger partial charge in [0.05, 0.1) is 30.4 Å². The van der Waals surface area contributed by atoms with Gasteiger partial charge >= 0.3 is 0 Å². The van der Waals surface area contributed by atoms with Crippen molar-refractivity contribution in [3.8, 4) is 11.5 Å². The third-order valence-corrected chi connectivity index (χ3v) is 10.1. The van der Waals surface area contributed by atoms with E-state index in [1.54, 1.807) is 48.8 Å². The molecule has 1 saturated heterocycles. The molecule has 0 radical (unpaired) electrons. The molecule has 4 rings (SSSR count). The number of thioether (sulfide) groups is 1. The van der Waals surface area contributed by atoms with Gasteiger partial charge in [0.25, 0.3) is 0 Å². The first kappa shape index (κ1) is 32.7. The zero-order valence-electron chi connectivity index (χ0n) is 24.7. The number of nitrogens with zero attached hydrogens (tertiary/aromatic N) is 2. The number of hydrogen-bond donors (Lipinski definition) is 4. The second kappa shape index (κ2) is 14.0. The molecule has 0 aliphatic carbocycles. The van der Waals surface area contributed by atoms with Gasteiger partial charge in [0.2, 0.25) is 15.9 Å². The quantitative estimate of drug-likeness (QED) is 0.220. The van der Waals surface area contributed by atoms with Gasteiger partial charge in [0.15, 0.2) is 11.5 Å². The second-order valence-electron chi connectivity index (χ2n) is 11.1. The molecule has 3 atom stereocenters. The van der Waals surface area contributed by atoms with E-state index in [4.69, 9.17) is 9.47 Å². The lowest BCUT2D eigenvalue weighted by molar-refractivity contribution is -0.118. The lowest BCUT2D eigenvalue weighted by Gasteiger charge is -2.46. The molecule has 3 aromatic rings. The zero-order valence-corrected chi connectivity index (χ0v) is 26.4. The molecule has 4 N–H and O–H groups in total. The topological polar surface area (TPSA) is 152 Å². The normalized spacial score (nSPS) is 20.8. The van der Waals surface area contributed by atoms with Crippen molar-refractivity contribution in [3.63, 3.8) is 0 Å². The van der Waals surface area contributed by atoms with E-state index >= 15 is 0 Å². The standard InChI is InChI=1S/C30H39N5O6S2/c1-29(2,3)21-10-5-8-13-25(21)43(38,39)35-30(42-20-27(37)31-16-17-36)18-22(28-32-14-9-15-33-28)34-19-26(30)41-24-12-7-6-11-23(24)40-4/h5-15,22,26,34-36H,16-20H2,1-4H3,(H,31,37). The van der Waals surface area contributed by atoms with E-state index in [9.17, 15) is 18.3 Å². The highest BCUT2D eigenvalue weighted by atomic mass is 32.2. The number of benzene rings is 2. The van der Waals surface area contributed by atoms with E-state index in [2.05, 4.69) is 25.3 Å². The van der Waals surface area contributed by atoms with Crippen LogP contribution in [0.1, 0.15) is 44.6 Å². The van der Waals surface area contributed by atoms with Gasteiger partial charge in [-0.15, -0.1) is 11.8 Å². The molecule has 0 spiro atoms. The van der Waals surface area contributed by atoms with Gasteiger partial charge in [-0.2, -0.15) is 4.72 Å². The van der Waals surface area contributed by atoms with Crippen molar-refractivity contribution in [1.82, 2.24) is 25.3 Å². The molecule has 1 amide bonds. The summed E-state index contributed by atoms with van der Waals surface area (Å²) in [5.41, 5.74) is 0.194. The number of para-hydroxylation sites is 2. The predicted molar refractivity (Wildman–Crippen MR) is 166 cm³/mol. The molecule has 13 heteroatoms. The van der Waals surface area contributed by atoms with Crippen molar-refractivity contribution in [2.45, 2.75) is 54.5 Å². The Balaban J connectivity index is 1.82. The first-order valence-corrected chi connectivity index (χ1v) is 16.4. The van der Waals surface area contributed by atoms with E-state index in [1.807, 2.05) is 39.0 Å². The van der Waals surface area contributed by atoms with Crippen molar-refractivity contribution in [1.29, 1.82) is 0 Å². The predicted octanol–water partition coefficient (Wildman–Crippen LogP) is 2.78. The lowest BCUT2D eigenvalue weighted by Crippen LogP contribution is -2.64. The molecule has 1 aliphatic heterocycles. The fourth-order valence-electron chi connectivity index (χ4n) is 4.93. The van der Waals surface area contributed by atoms with Crippen LogP contribution in [0.5, 0.6) is 11.5 Å². The number of aliphatic hydroxyl groups excluding tert-OH is 1. The molecule has 2 aromatic carbocycles. The van der Waals surface area contributed by atoms with E-state index in [1.165, 1.54) is 7.11 Å². The summed E-state index contributed by atoms with van der Waals surface area (Å²) < 4.78 is 43.8. The lowest BCUT2D eigenvalue weighted by atomic mass is 9.87. The van der Waals surface area contributed by atoms with Gasteiger partial charge in [0.1, 0.15) is 16.8 Å². The van der Waals surface area contributed by atoms with Crippen molar-refractivity contribution < 1.29 is 27.8 Å². The second-order valence-corrected chi connectivity index (χ2v) is 14.1. The van der Waals surface area contributed by atoms with Crippen LogP contribution in [-0.2, 0) is 20.2 Å². The van der Waals surface area contributed by atoms with Crippen LogP contribution in [0.4, 0.5) is 0 Å². The summed E-state index contributed by atoms with van der Waals surface area (Å²) in [5.74, 6) is 0.946. The number of ether oxygens (including phenoxy) is 2. The smallest absolute Gasteiger partial charge is 0.242 e. The van der Waals surface area contributed by atoms with Crippen LogP contribution >= 0.6 is 11.8 Å². The number of amides is 1. The van der Waals surface area contributed by atoms with Crippen LogP contribution in [0.3, 0.4) is 0 Å². The summed E-state index contributed by atoms with van der Waals surface area (Å²) in [7, 11) is -2.63. The first-order chi connectivity index (χ1) is 20.5. The number of nitrogens with one attached hydrogen (secondary N) is 3. The average Bonchev–Trinajstić information content (AvgIpc) is 3.00. The van der Waals surface area contributed by atoms with Crippen LogP contribution < -0.4 is 24.8 Å². The third-order valence-electron chi connectivity index (χ3n) is 7.00. The minimum absolute atomic E-state index is 0.0836. The highest BCUT2D eigenvalue weighted by Crippen LogP contribution is 2.43. The van der Waals surface area contributed by atoms with Crippen LogP contribution in [0.25, 0.3) is 0 Å². The number of rotatable bonds is 12. The van der Waals surface area contributed by atoms with Gasteiger partial charge in [-0.1, -0.05) is 51.1 Å². The summed E-state index contributed by atoms with van der Waals surface area (Å²) in [5, 5.41) is 15.3. The average molecular weight is 630 g/mol. The van der Waals surface area contributed by atoms with E-state index in [-0.39, 0.29) is 42.7 Å². The first-order valence-electron chi connectivity index (χ1n) is 13.9. The fourth-order valence-corrected chi connectivity index (χ4v) is 8.29. The molecule has 2 heterocycles. The molecule has 3 unspecified atom stereocenters. The zero-order chi connectivity index (χ0) is 31.1. The Hall–Kier alpha value is -3.23. The molecule has 1 aliphatic rings. The summed E-state index contributed by atoms with van der Waals surface area (Å²) in [6.07, 6.45) is 2.62. The Morgan fingerprint density at radius 3 is 2.44 bits per heavy atom. The SMILES string of the molecule is COc1ccccc1OC1CNC(c2ncccn2)CC1(NS(=O)(=O)c1ccccc1C(C)(C)C)SCC(=O)NCCO. The Morgan fingerprint density at radius 1 is 1.09 bits per heavy atom. The highest BCUT2D eigenvalue weighted by molar-refractivity contribution is 8.02. The Labute approximate surface area is 257 Å². The molecule has 1 fully saturated rings. The number of carbonyl (C=O) groups excluding carboxylic acids is 1. The Morgan fingerprint density at radius 2 is 1.77 bits per heavy atom. The van der Waals surface area contributed by atoms with Crippen LogP contribution in [0, 0.1) is 0 Å². The fraction of sp³-hybridized carbons (Fsp3) is 0.433. The number of carbonyl (C=O) groups is 1. The Bertz CT molecular complexity index is 1490. The van der Waals surface area contributed by atoms with Gasteiger partial charge in [0, 0.05) is 31.9 Å². The molecule has 0 bridgehead atoms. The van der Waals surface area contributed by atoms with Crippen molar-refractivity contribution >= 4 is 27.7 Å². The number of hydrogen-bond acceptors (Lipinski definition) is 10. The molecule has 11 nitrogen and oxygen atoms in total. The number of aromatic nitrogens is 2. The van der Waals surface area contributed by atoms with Gasteiger partial charge in [-0.3, -0.25) is 4.79 Å². The van der Waals surface area contributed by atoms with E-state index in [0.29, 0.717) is 22.9 Å². The van der Waals surface area contributed by atoms with E-state index < -0.39 is 32.5 Å². The summed E-state index contributed by atoms with van der Waals surface area (Å²) in [6.45, 7) is 5.94. The molecule has 1 aromatic heterocycles. The number of sulfonamides is 1. The number of piperidine rings is 1. The maximum Gasteiger partial charge on any atom is 0.242 e. The maximum absolute atomic E-state index is 14.4. The molecular weight excluding hydrogens is 590 g/mol. The summed E-state index contributed by atoms with van der Waals surface area (Å²) in [4.78, 5) is 20.4. The summed E-state index contributed by atoms with van der Waals surface area (Å²) >= 11 is 1.13. The monoisotopic (exact) mass is 629 g/mol. The molecular formula is C30H39N5O6S2. The molecule has 43 heavy (non-hydrogen) atoms. The molecule has 232 valence electrons. The van der Waals surface area contributed by atoms with Crippen molar-refractivity contribution in [2.75, 3.05) is 32.6 Å². The van der Waals surface area contributed by atoms with Crippen molar-refractivity contribution in [3.05, 3.63) is 78.4 Å². The summed E-state index contributed by atoms with van der Waals surface area (Å²) in [6, 6.07) is 15.3. The van der Waals surface area contributed by atoms with Gasteiger partial charge in [-0.25, -0.2) is 18.4 Å². The van der Waals surface area contributed by atoms with Crippen LogP contribution in [-0.4, -0.2) is 72.9 Å².